The van der Waals surface area contributed by atoms with Crippen LogP contribution in [0.2, 0.25) is 0 Å². The molecule has 0 aliphatic heterocycles. The van der Waals surface area contributed by atoms with Crippen LogP contribution in [0.1, 0.15) is 0 Å². The van der Waals surface area contributed by atoms with Crippen molar-refractivity contribution in [1.29, 1.82) is 0 Å². The number of hydrogen-bond acceptors (Lipinski definition) is 10. The largest absolute Gasteiger partial charge is 0.256 e. The molecule has 310 valence electrons. The Balaban J connectivity index is 1.26. The second-order valence-corrected chi connectivity index (χ2v) is 15.2. The maximum absolute atomic E-state index is 5.45. The lowest BCUT2D eigenvalue weighted by atomic mass is 9.84. The molecule has 0 saturated heterocycles. The van der Waals surface area contributed by atoms with E-state index in [1.807, 2.05) is 146 Å². The molecule has 0 fully saturated rings. The predicted octanol–water partition coefficient (Wildman–Crippen LogP) is 12.3. The van der Waals surface area contributed by atoms with Gasteiger partial charge < -0.3 is 0 Å². The third-order valence-corrected chi connectivity index (χ3v) is 11.2. The standard InChI is InChI=1S/C56H36N10/c1-9-29-57-39(17-1)49-47(50(40-18-2-10-30-58-40)54(44-22-6-14-34-62-44)65-53(49)43-21-5-13-33-61-43)37-25-27-38(28-26-37)48-51(41-19-3-11-31-59-41)55(45-23-7-15-35-63-45)66-56(46-24-8-16-36-64-46)52(48)42-20-4-12-32-60-42/h1-36H. The highest BCUT2D eigenvalue weighted by molar-refractivity contribution is 6.05. The van der Waals surface area contributed by atoms with Crippen molar-refractivity contribution in [3.63, 3.8) is 0 Å². The molecule has 0 bridgehead atoms. The van der Waals surface area contributed by atoms with E-state index in [1.54, 1.807) is 49.6 Å². The van der Waals surface area contributed by atoms with Crippen LogP contribution < -0.4 is 0 Å². The van der Waals surface area contributed by atoms with E-state index in [0.717, 1.165) is 67.3 Å². The number of pyridine rings is 10. The first-order valence-corrected chi connectivity index (χ1v) is 21.4. The zero-order valence-electron chi connectivity index (χ0n) is 35.3. The molecular weight excluding hydrogens is 813 g/mol. The van der Waals surface area contributed by atoms with Crippen LogP contribution in [0, 0.1) is 0 Å². The van der Waals surface area contributed by atoms with Gasteiger partial charge in [-0.25, -0.2) is 9.97 Å². The summed E-state index contributed by atoms with van der Waals surface area (Å²) in [6, 6.07) is 55.7. The van der Waals surface area contributed by atoms with E-state index in [2.05, 4.69) is 24.3 Å². The molecule has 0 atom stereocenters. The van der Waals surface area contributed by atoms with Crippen LogP contribution in [0.15, 0.2) is 219 Å². The van der Waals surface area contributed by atoms with Crippen molar-refractivity contribution in [3.8, 4) is 113 Å². The van der Waals surface area contributed by atoms with Crippen molar-refractivity contribution in [3.05, 3.63) is 219 Å². The van der Waals surface area contributed by atoms with E-state index in [1.165, 1.54) is 0 Å². The van der Waals surface area contributed by atoms with Crippen molar-refractivity contribution < 1.29 is 0 Å². The minimum atomic E-state index is 0.665. The third-order valence-electron chi connectivity index (χ3n) is 11.2. The molecule has 0 radical (unpaired) electrons. The summed E-state index contributed by atoms with van der Waals surface area (Å²) in [4.78, 5) is 50.1. The molecule has 0 saturated carbocycles. The third kappa shape index (κ3) is 7.54. The van der Waals surface area contributed by atoms with Crippen molar-refractivity contribution >= 4 is 0 Å². The molecule has 10 heteroatoms. The van der Waals surface area contributed by atoms with Crippen molar-refractivity contribution in [2.45, 2.75) is 0 Å². The molecule has 10 aromatic heterocycles. The van der Waals surface area contributed by atoms with E-state index in [9.17, 15) is 0 Å². The van der Waals surface area contributed by atoms with Gasteiger partial charge in [-0.1, -0.05) is 72.8 Å². The van der Waals surface area contributed by atoms with Gasteiger partial charge in [0.1, 0.15) is 0 Å². The van der Waals surface area contributed by atoms with Crippen molar-refractivity contribution in [2.75, 3.05) is 0 Å². The number of rotatable bonds is 10. The average molecular weight is 849 g/mol. The number of aromatic nitrogens is 10. The van der Waals surface area contributed by atoms with E-state index < -0.39 is 0 Å². The summed E-state index contributed by atoms with van der Waals surface area (Å²) in [7, 11) is 0. The molecule has 11 rings (SSSR count). The zero-order valence-corrected chi connectivity index (χ0v) is 35.3. The Hall–Kier alpha value is -9.28. The minimum Gasteiger partial charge on any atom is -0.256 e. The molecule has 0 aliphatic carbocycles. The lowest BCUT2D eigenvalue weighted by molar-refractivity contribution is 1.20. The van der Waals surface area contributed by atoms with Crippen LogP contribution in [-0.4, -0.2) is 49.8 Å². The molecule has 10 heterocycles. The van der Waals surface area contributed by atoms with Crippen LogP contribution in [-0.2, 0) is 0 Å². The molecule has 1 aromatic carbocycles. The normalized spacial score (nSPS) is 11.0. The Bertz CT molecular complexity index is 2970. The van der Waals surface area contributed by atoms with E-state index >= 15 is 0 Å². The van der Waals surface area contributed by atoms with Gasteiger partial charge in [-0.15, -0.1) is 0 Å². The first-order valence-electron chi connectivity index (χ1n) is 21.4. The SMILES string of the molecule is c1ccc(-c2nc(-c3ccccn3)c(-c3ccccn3)c(-c3ccc(-c4c(-c5ccccn5)c(-c5ccccn5)nc(-c5ccccn5)c4-c4ccccn4)cc3)c2-c2ccccn2)nc1. The van der Waals surface area contributed by atoms with E-state index in [0.29, 0.717) is 45.6 Å². The van der Waals surface area contributed by atoms with Gasteiger partial charge in [0.15, 0.2) is 0 Å². The first kappa shape index (κ1) is 39.6. The number of benzene rings is 1. The maximum atomic E-state index is 5.45. The second-order valence-electron chi connectivity index (χ2n) is 15.2. The number of hydrogen-bond donors (Lipinski definition) is 0. The summed E-state index contributed by atoms with van der Waals surface area (Å²) in [5.41, 5.74) is 15.2. The molecule has 0 amide bonds. The topological polar surface area (TPSA) is 129 Å². The van der Waals surface area contributed by atoms with Gasteiger partial charge in [-0.05, 0) is 108 Å². The highest BCUT2D eigenvalue weighted by Gasteiger charge is 2.30. The van der Waals surface area contributed by atoms with Crippen LogP contribution in [0.25, 0.3) is 113 Å². The van der Waals surface area contributed by atoms with Gasteiger partial charge in [-0.3, -0.25) is 39.9 Å². The molecule has 0 spiro atoms. The maximum Gasteiger partial charge on any atom is 0.0995 e. The first-order chi connectivity index (χ1) is 32.8. The second kappa shape index (κ2) is 17.8. The summed E-state index contributed by atoms with van der Waals surface area (Å²) in [5.74, 6) is 0. The zero-order chi connectivity index (χ0) is 44.1. The van der Waals surface area contributed by atoms with Gasteiger partial charge in [0.05, 0.1) is 68.3 Å². The Morgan fingerprint density at radius 2 is 0.379 bits per heavy atom. The summed E-state index contributed by atoms with van der Waals surface area (Å²) < 4.78 is 0. The van der Waals surface area contributed by atoms with Crippen LogP contribution in [0.5, 0.6) is 0 Å². The van der Waals surface area contributed by atoms with Crippen molar-refractivity contribution in [2.24, 2.45) is 0 Å². The fraction of sp³-hybridized carbons (Fsp3) is 0. The Kier molecular flexibility index (Phi) is 10.7. The van der Waals surface area contributed by atoms with Gasteiger partial charge in [-0.2, -0.15) is 0 Å². The average Bonchev–Trinajstić information content (AvgIpc) is 3.41. The van der Waals surface area contributed by atoms with Gasteiger partial charge in [0, 0.05) is 83.0 Å². The fourth-order valence-corrected chi connectivity index (χ4v) is 8.34. The Morgan fingerprint density at radius 3 is 0.561 bits per heavy atom. The molecule has 11 aromatic rings. The van der Waals surface area contributed by atoms with Gasteiger partial charge in [0.2, 0.25) is 0 Å². The Morgan fingerprint density at radius 1 is 0.182 bits per heavy atom. The van der Waals surface area contributed by atoms with Crippen LogP contribution in [0.4, 0.5) is 0 Å². The quantitative estimate of drug-likeness (QED) is 0.131. The van der Waals surface area contributed by atoms with Gasteiger partial charge >= 0.3 is 0 Å². The molecule has 0 unspecified atom stereocenters. The molecule has 0 N–H and O–H groups in total. The molecule has 66 heavy (non-hydrogen) atoms. The minimum absolute atomic E-state index is 0.665. The van der Waals surface area contributed by atoms with Crippen molar-refractivity contribution in [1.82, 2.24) is 49.8 Å². The smallest absolute Gasteiger partial charge is 0.0995 e. The fourth-order valence-electron chi connectivity index (χ4n) is 8.34. The lowest BCUT2D eigenvalue weighted by Crippen LogP contribution is -2.05. The Labute approximate surface area is 380 Å². The summed E-state index contributed by atoms with van der Waals surface area (Å²) in [6.45, 7) is 0. The molecule has 0 aliphatic rings. The summed E-state index contributed by atoms with van der Waals surface area (Å²) in [5, 5.41) is 0. The highest BCUT2D eigenvalue weighted by atomic mass is 14.9. The van der Waals surface area contributed by atoms with E-state index in [4.69, 9.17) is 49.8 Å². The summed E-state index contributed by atoms with van der Waals surface area (Å²) >= 11 is 0. The van der Waals surface area contributed by atoms with Crippen LogP contribution in [0.3, 0.4) is 0 Å². The number of nitrogens with zero attached hydrogens (tertiary/aromatic N) is 10. The van der Waals surface area contributed by atoms with Gasteiger partial charge in [0.25, 0.3) is 0 Å². The monoisotopic (exact) mass is 848 g/mol. The highest BCUT2D eigenvalue weighted by Crippen LogP contribution is 2.50. The molecular formula is C56H36N10. The van der Waals surface area contributed by atoms with Crippen LogP contribution >= 0.6 is 0 Å². The van der Waals surface area contributed by atoms with E-state index in [-0.39, 0.29) is 0 Å². The lowest BCUT2D eigenvalue weighted by Gasteiger charge is -2.23. The molecule has 10 nitrogen and oxygen atoms in total. The predicted molar refractivity (Wildman–Crippen MR) is 259 cm³/mol. The summed E-state index contributed by atoms with van der Waals surface area (Å²) in [6.07, 6.45) is 14.3.